The number of hydrogen-bond acceptors (Lipinski definition) is 6. The Balaban J connectivity index is 2.05. The molecule has 0 aliphatic carbocycles. The van der Waals surface area contributed by atoms with Gasteiger partial charge in [0.15, 0.2) is 0 Å². The van der Waals surface area contributed by atoms with Gasteiger partial charge >= 0.3 is 0 Å². The fourth-order valence-electron chi connectivity index (χ4n) is 2.59. The first-order valence-electron chi connectivity index (χ1n) is 9.56. The van der Waals surface area contributed by atoms with E-state index >= 15 is 0 Å². The first kappa shape index (κ1) is 21.8. The van der Waals surface area contributed by atoms with Crippen molar-refractivity contribution in [2.24, 2.45) is 5.92 Å². The zero-order valence-electron chi connectivity index (χ0n) is 16.8. The molecular weight excluding hydrogens is 376 g/mol. The Morgan fingerprint density at radius 1 is 1.18 bits per heavy atom. The number of rotatable bonds is 10. The second-order valence-corrected chi connectivity index (χ2v) is 7.64. The van der Waals surface area contributed by atoms with Gasteiger partial charge in [-0.15, -0.1) is 10.2 Å². The summed E-state index contributed by atoms with van der Waals surface area (Å²) < 4.78 is 5.15. The van der Waals surface area contributed by atoms with Crippen LogP contribution in [0.1, 0.15) is 46.5 Å². The van der Waals surface area contributed by atoms with Crippen molar-refractivity contribution in [1.82, 2.24) is 15.5 Å². The van der Waals surface area contributed by atoms with Gasteiger partial charge in [0.25, 0.3) is 0 Å². The maximum absolute atomic E-state index is 12.7. The second-order valence-electron chi connectivity index (χ2n) is 6.66. The van der Waals surface area contributed by atoms with E-state index in [4.69, 9.17) is 4.74 Å². The van der Waals surface area contributed by atoms with Crippen molar-refractivity contribution in [3.05, 3.63) is 24.3 Å². The lowest BCUT2D eigenvalue weighted by Gasteiger charge is -2.22. The molecule has 0 saturated heterocycles. The molecule has 0 radical (unpaired) electrons. The van der Waals surface area contributed by atoms with Gasteiger partial charge in [0.2, 0.25) is 16.9 Å². The fraction of sp³-hybridized carbons (Fsp3) is 0.500. The summed E-state index contributed by atoms with van der Waals surface area (Å²) >= 11 is 1.29. The number of anilines is 1. The lowest BCUT2D eigenvalue weighted by Crippen LogP contribution is -2.47. The van der Waals surface area contributed by atoms with Gasteiger partial charge in [-0.05, 0) is 36.6 Å². The van der Waals surface area contributed by atoms with E-state index in [0.29, 0.717) is 16.6 Å². The zero-order valence-corrected chi connectivity index (χ0v) is 17.6. The van der Waals surface area contributed by atoms with Crippen LogP contribution in [-0.2, 0) is 9.59 Å². The predicted molar refractivity (Wildman–Crippen MR) is 111 cm³/mol. The highest BCUT2D eigenvalue weighted by molar-refractivity contribution is 7.18. The fourth-order valence-corrected chi connectivity index (χ4v) is 3.34. The Kier molecular flexibility index (Phi) is 8.38. The van der Waals surface area contributed by atoms with Crippen molar-refractivity contribution >= 4 is 28.3 Å². The summed E-state index contributed by atoms with van der Waals surface area (Å²) in [7, 11) is 1.61. The number of nitrogens with one attached hydrogen (secondary N) is 2. The van der Waals surface area contributed by atoms with Gasteiger partial charge in [0, 0.05) is 12.0 Å². The number of unbranched alkanes of at least 4 members (excludes halogenated alkanes) is 1. The number of ether oxygens (including phenoxy) is 1. The van der Waals surface area contributed by atoms with Crippen molar-refractivity contribution in [3.8, 4) is 16.3 Å². The van der Waals surface area contributed by atoms with Crippen LogP contribution in [-0.4, -0.2) is 35.2 Å². The Morgan fingerprint density at radius 2 is 1.89 bits per heavy atom. The van der Waals surface area contributed by atoms with Gasteiger partial charge in [0.1, 0.15) is 16.8 Å². The molecule has 0 bridgehead atoms. The third kappa shape index (κ3) is 6.02. The van der Waals surface area contributed by atoms with Crippen LogP contribution in [0.4, 0.5) is 5.13 Å². The maximum atomic E-state index is 12.7. The minimum absolute atomic E-state index is 0.0135. The molecule has 2 rings (SSSR count). The highest BCUT2D eigenvalue weighted by Crippen LogP contribution is 2.28. The van der Waals surface area contributed by atoms with Gasteiger partial charge in [-0.25, -0.2) is 0 Å². The highest BCUT2D eigenvalue weighted by Gasteiger charge is 2.26. The summed E-state index contributed by atoms with van der Waals surface area (Å²) in [5.41, 5.74) is 0.894. The van der Waals surface area contributed by atoms with E-state index in [2.05, 4.69) is 20.8 Å². The summed E-state index contributed by atoms with van der Waals surface area (Å²) in [5, 5.41) is 15.0. The number of nitrogens with zero attached hydrogens (tertiary/aromatic N) is 2. The second kappa shape index (κ2) is 10.8. The lowest BCUT2D eigenvalue weighted by molar-refractivity contribution is -0.127. The number of methoxy groups -OCH3 is 1. The molecule has 2 amide bonds. The predicted octanol–water partition coefficient (Wildman–Crippen LogP) is 3.87. The quantitative estimate of drug-likeness (QED) is 0.627. The van der Waals surface area contributed by atoms with E-state index in [1.807, 2.05) is 45.0 Å². The molecule has 152 valence electrons. The molecule has 28 heavy (non-hydrogen) atoms. The number of benzene rings is 1. The lowest BCUT2D eigenvalue weighted by atomic mass is 9.98. The molecule has 2 atom stereocenters. The molecule has 0 saturated carbocycles. The normalized spacial score (nSPS) is 12.9. The van der Waals surface area contributed by atoms with E-state index in [1.54, 1.807) is 7.11 Å². The third-order valence-electron chi connectivity index (χ3n) is 4.56. The van der Waals surface area contributed by atoms with Gasteiger partial charge < -0.3 is 10.1 Å². The molecule has 8 heteroatoms. The highest BCUT2D eigenvalue weighted by atomic mass is 32.1. The summed E-state index contributed by atoms with van der Waals surface area (Å²) in [5.74, 6) is 0.409. The minimum Gasteiger partial charge on any atom is -0.497 e. The monoisotopic (exact) mass is 404 g/mol. The molecule has 2 N–H and O–H groups in total. The number of aromatic nitrogens is 2. The summed E-state index contributed by atoms with van der Waals surface area (Å²) in [6, 6.07) is 6.88. The first-order valence-corrected chi connectivity index (χ1v) is 10.4. The number of amides is 2. The van der Waals surface area contributed by atoms with Gasteiger partial charge in [0.05, 0.1) is 7.11 Å². The Hall–Kier alpha value is -2.48. The van der Waals surface area contributed by atoms with Crippen molar-refractivity contribution < 1.29 is 14.3 Å². The Bertz CT molecular complexity index is 776. The van der Waals surface area contributed by atoms with E-state index < -0.39 is 6.04 Å². The van der Waals surface area contributed by atoms with Gasteiger partial charge in [-0.3, -0.25) is 14.9 Å². The number of hydrogen-bond donors (Lipinski definition) is 2. The van der Waals surface area contributed by atoms with Crippen LogP contribution in [0.3, 0.4) is 0 Å². The Morgan fingerprint density at radius 3 is 2.50 bits per heavy atom. The van der Waals surface area contributed by atoms with Crippen LogP contribution in [0.5, 0.6) is 5.75 Å². The van der Waals surface area contributed by atoms with E-state index in [0.717, 1.165) is 30.6 Å². The molecule has 1 aromatic carbocycles. The van der Waals surface area contributed by atoms with Gasteiger partial charge in [-0.2, -0.15) is 0 Å². The smallest absolute Gasteiger partial charge is 0.249 e. The minimum atomic E-state index is -0.595. The average Bonchev–Trinajstić information content (AvgIpc) is 3.18. The molecule has 1 heterocycles. The van der Waals surface area contributed by atoms with Crippen molar-refractivity contribution in [2.45, 2.75) is 52.5 Å². The molecule has 0 unspecified atom stereocenters. The topological polar surface area (TPSA) is 93.2 Å². The SMILES string of the molecule is CCCCC(=O)N[C@H](C(=O)Nc1nnc(-c2ccc(OC)cc2)s1)[C@H](C)CC. The van der Waals surface area contributed by atoms with Crippen molar-refractivity contribution in [1.29, 1.82) is 0 Å². The standard InChI is InChI=1S/C20H28N4O3S/c1-5-7-8-16(25)21-17(13(3)6-2)18(26)22-20-24-23-19(28-20)14-9-11-15(27-4)12-10-14/h9-13,17H,5-8H2,1-4H3,(H,21,25)(H,22,24,26)/t13-,17+/m1/s1. The molecule has 7 nitrogen and oxygen atoms in total. The van der Waals surface area contributed by atoms with Gasteiger partial charge in [-0.1, -0.05) is 44.9 Å². The van der Waals surface area contributed by atoms with E-state index in [1.165, 1.54) is 11.3 Å². The third-order valence-corrected chi connectivity index (χ3v) is 5.45. The first-order chi connectivity index (χ1) is 13.5. The zero-order chi connectivity index (χ0) is 20.5. The molecule has 0 aliphatic rings. The number of carbonyl (C=O) groups is 2. The van der Waals surface area contributed by atoms with Crippen LogP contribution in [0, 0.1) is 5.92 Å². The molecule has 0 spiro atoms. The molecular formula is C20H28N4O3S. The molecule has 2 aromatic rings. The van der Waals surface area contributed by atoms with E-state index in [9.17, 15) is 9.59 Å². The summed E-state index contributed by atoms with van der Waals surface area (Å²) in [6.45, 7) is 5.98. The Labute approximate surface area is 169 Å². The maximum Gasteiger partial charge on any atom is 0.249 e. The summed E-state index contributed by atoms with van der Waals surface area (Å²) in [6.07, 6.45) is 2.95. The van der Waals surface area contributed by atoms with Crippen LogP contribution < -0.4 is 15.4 Å². The van der Waals surface area contributed by atoms with Crippen LogP contribution in [0.15, 0.2) is 24.3 Å². The molecule has 0 aliphatic heterocycles. The van der Waals surface area contributed by atoms with Crippen LogP contribution in [0.2, 0.25) is 0 Å². The molecule has 1 aromatic heterocycles. The van der Waals surface area contributed by atoms with Crippen molar-refractivity contribution in [3.63, 3.8) is 0 Å². The van der Waals surface area contributed by atoms with E-state index in [-0.39, 0.29) is 17.7 Å². The summed E-state index contributed by atoms with van der Waals surface area (Å²) in [4.78, 5) is 24.9. The number of carbonyl (C=O) groups excluding carboxylic acids is 2. The largest absolute Gasteiger partial charge is 0.497 e. The van der Waals surface area contributed by atoms with Crippen molar-refractivity contribution in [2.75, 3.05) is 12.4 Å². The molecule has 0 fully saturated rings. The van der Waals surface area contributed by atoms with Crippen LogP contribution >= 0.6 is 11.3 Å². The average molecular weight is 405 g/mol. The van der Waals surface area contributed by atoms with Crippen LogP contribution in [0.25, 0.3) is 10.6 Å².